The average molecular weight is 333 g/mol. The topological polar surface area (TPSA) is 34.1 Å². The quantitative estimate of drug-likeness (QED) is 0.788. The standard InChI is InChI=1S/C12H7BrF2O2S/c13-11-6-5-10(7-12(11)15)18(16,17)9-3-1-8(14)2-4-9/h1-7H. The predicted octanol–water partition coefficient (Wildman–Crippen LogP) is 3.56. The lowest BCUT2D eigenvalue weighted by Crippen LogP contribution is -2.02. The normalized spacial score (nSPS) is 11.5. The van der Waals surface area contributed by atoms with Crippen LogP contribution in [0.2, 0.25) is 0 Å². The van der Waals surface area contributed by atoms with Crippen molar-refractivity contribution in [2.24, 2.45) is 0 Å². The first-order valence-corrected chi connectivity index (χ1v) is 7.14. The molecular formula is C12H7BrF2O2S. The molecule has 0 fully saturated rings. The van der Waals surface area contributed by atoms with Crippen molar-refractivity contribution in [3.63, 3.8) is 0 Å². The van der Waals surface area contributed by atoms with E-state index in [2.05, 4.69) is 15.9 Å². The Morgan fingerprint density at radius 2 is 1.44 bits per heavy atom. The van der Waals surface area contributed by atoms with Crippen LogP contribution in [0.4, 0.5) is 8.78 Å². The summed E-state index contributed by atoms with van der Waals surface area (Å²) in [7, 11) is -3.82. The highest BCUT2D eigenvalue weighted by molar-refractivity contribution is 9.10. The molecule has 6 heteroatoms. The summed E-state index contributed by atoms with van der Waals surface area (Å²) in [6.45, 7) is 0. The minimum atomic E-state index is -3.82. The molecule has 0 unspecified atom stereocenters. The molecule has 0 heterocycles. The lowest BCUT2D eigenvalue weighted by Gasteiger charge is -2.05. The summed E-state index contributed by atoms with van der Waals surface area (Å²) in [4.78, 5) is -0.250. The van der Waals surface area contributed by atoms with Crippen LogP contribution >= 0.6 is 15.9 Å². The Bertz CT molecular complexity index is 682. The smallest absolute Gasteiger partial charge is 0.206 e. The van der Waals surface area contributed by atoms with Gasteiger partial charge in [-0.25, -0.2) is 17.2 Å². The second kappa shape index (κ2) is 4.78. The molecule has 0 radical (unpaired) electrons. The van der Waals surface area contributed by atoms with Crippen molar-refractivity contribution in [2.45, 2.75) is 9.79 Å². The van der Waals surface area contributed by atoms with E-state index < -0.39 is 21.5 Å². The number of halogens is 3. The van der Waals surface area contributed by atoms with Gasteiger partial charge < -0.3 is 0 Å². The fourth-order valence-electron chi connectivity index (χ4n) is 1.39. The molecule has 94 valence electrons. The molecule has 0 amide bonds. The van der Waals surface area contributed by atoms with Crippen LogP contribution in [0.15, 0.2) is 56.7 Å². The van der Waals surface area contributed by atoms with E-state index in [1.807, 2.05) is 0 Å². The summed E-state index contributed by atoms with van der Waals surface area (Å²) in [5.74, 6) is -1.20. The Morgan fingerprint density at radius 1 is 0.889 bits per heavy atom. The summed E-state index contributed by atoms with van der Waals surface area (Å²) in [6, 6.07) is 7.89. The van der Waals surface area contributed by atoms with E-state index in [0.29, 0.717) is 0 Å². The first-order valence-electron chi connectivity index (χ1n) is 4.87. The molecule has 0 aliphatic heterocycles. The zero-order valence-electron chi connectivity index (χ0n) is 8.90. The van der Waals surface area contributed by atoms with E-state index in [9.17, 15) is 17.2 Å². The van der Waals surface area contributed by atoms with Crippen molar-refractivity contribution in [1.29, 1.82) is 0 Å². The molecule has 0 atom stereocenters. The lowest BCUT2D eigenvalue weighted by molar-refractivity contribution is 0.588. The summed E-state index contributed by atoms with van der Waals surface area (Å²) >= 11 is 2.94. The first kappa shape index (κ1) is 13.2. The fraction of sp³-hybridized carbons (Fsp3) is 0. The molecule has 0 bridgehead atoms. The molecule has 18 heavy (non-hydrogen) atoms. The van der Waals surface area contributed by atoms with Crippen LogP contribution in [0, 0.1) is 11.6 Å². The summed E-state index contributed by atoms with van der Waals surface area (Å²) < 4.78 is 50.4. The van der Waals surface area contributed by atoms with Crippen LogP contribution in [-0.4, -0.2) is 8.42 Å². The third kappa shape index (κ3) is 2.44. The van der Waals surface area contributed by atoms with E-state index in [-0.39, 0.29) is 14.3 Å². The van der Waals surface area contributed by atoms with E-state index in [1.165, 1.54) is 12.1 Å². The Labute approximate surface area is 111 Å². The Kier molecular flexibility index (Phi) is 3.49. The van der Waals surface area contributed by atoms with Crippen LogP contribution < -0.4 is 0 Å². The van der Waals surface area contributed by atoms with Gasteiger partial charge in [0.25, 0.3) is 0 Å². The van der Waals surface area contributed by atoms with Gasteiger partial charge in [0.2, 0.25) is 9.84 Å². The van der Waals surface area contributed by atoms with E-state index in [1.54, 1.807) is 0 Å². The maximum absolute atomic E-state index is 13.3. The van der Waals surface area contributed by atoms with Gasteiger partial charge in [0.15, 0.2) is 0 Å². The van der Waals surface area contributed by atoms with Gasteiger partial charge in [0.1, 0.15) is 11.6 Å². The molecule has 2 nitrogen and oxygen atoms in total. The Hall–Kier alpha value is -1.27. The molecule has 0 saturated heterocycles. The molecule has 0 spiro atoms. The zero-order chi connectivity index (χ0) is 13.3. The largest absolute Gasteiger partial charge is 0.219 e. The minimum absolute atomic E-state index is 0.0781. The van der Waals surface area contributed by atoms with Gasteiger partial charge in [-0.05, 0) is 58.4 Å². The molecule has 0 aliphatic rings. The van der Waals surface area contributed by atoms with E-state index >= 15 is 0 Å². The number of hydrogen-bond donors (Lipinski definition) is 0. The van der Waals surface area contributed by atoms with Crippen LogP contribution in [0.1, 0.15) is 0 Å². The first-order chi connectivity index (χ1) is 8.41. The van der Waals surface area contributed by atoms with E-state index in [0.717, 1.165) is 30.3 Å². The molecule has 0 saturated carbocycles. The van der Waals surface area contributed by atoms with Crippen molar-refractivity contribution in [2.75, 3.05) is 0 Å². The third-order valence-corrected chi connectivity index (χ3v) is 4.74. The maximum atomic E-state index is 13.3. The average Bonchev–Trinajstić information content (AvgIpc) is 2.33. The molecule has 0 N–H and O–H groups in total. The third-order valence-electron chi connectivity index (χ3n) is 2.33. The summed E-state index contributed by atoms with van der Waals surface area (Å²) in [5.41, 5.74) is 0. The van der Waals surface area contributed by atoms with Gasteiger partial charge in [-0.2, -0.15) is 0 Å². The summed E-state index contributed by atoms with van der Waals surface area (Å²) in [5, 5.41) is 0. The van der Waals surface area contributed by atoms with Crippen molar-refractivity contribution in [3.05, 3.63) is 58.6 Å². The second-order valence-electron chi connectivity index (χ2n) is 3.53. The zero-order valence-corrected chi connectivity index (χ0v) is 11.3. The van der Waals surface area contributed by atoms with Crippen LogP contribution in [0.25, 0.3) is 0 Å². The van der Waals surface area contributed by atoms with Crippen LogP contribution in [0.5, 0.6) is 0 Å². The van der Waals surface area contributed by atoms with Crippen LogP contribution in [-0.2, 0) is 9.84 Å². The molecule has 2 rings (SSSR count). The molecular weight excluding hydrogens is 326 g/mol. The van der Waals surface area contributed by atoms with Crippen molar-refractivity contribution >= 4 is 25.8 Å². The van der Waals surface area contributed by atoms with Gasteiger partial charge in [-0.1, -0.05) is 0 Å². The highest BCUT2D eigenvalue weighted by Gasteiger charge is 2.18. The van der Waals surface area contributed by atoms with Gasteiger partial charge >= 0.3 is 0 Å². The summed E-state index contributed by atoms with van der Waals surface area (Å²) in [6.07, 6.45) is 0. The number of sulfone groups is 1. The van der Waals surface area contributed by atoms with Crippen LogP contribution in [0.3, 0.4) is 0 Å². The molecule has 2 aromatic rings. The predicted molar refractivity (Wildman–Crippen MR) is 66.0 cm³/mol. The van der Waals surface area contributed by atoms with Crippen molar-refractivity contribution in [3.8, 4) is 0 Å². The van der Waals surface area contributed by atoms with Gasteiger partial charge in [-0.15, -0.1) is 0 Å². The van der Waals surface area contributed by atoms with Crippen molar-refractivity contribution < 1.29 is 17.2 Å². The highest BCUT2D eigenvalue weighted by Crippen LogP contribution is 2.24. The van der Waals surface area contributed by atoms with Gasteiger partial charge in [0.05, 0.1) is 14.3 Å². The Balaban J connectivity index is 2.54. The number of benzene rings is 2. The van der Waals surface area contributed by atoms with Gasteiger partial charge in [0, 0.05) is 0 Å². The van der Waals surface area contributed by atoms with Gasteiger partial charge in [-0.3, -0.25) is 0 Å². The minimum Gasteiger partial charge on any atom is -0.219 e. The molecule has 0 aromatic heterocycles. The van der Waals surface area contributed by atoms with E-state index in [4.69, 9.17) is 0 Å². The second-order valence-corrected chi connectivity index (χ2v) is 6.34. The SMILES string of the molecule is O=S(=O)(c1ccc(F)cc1)c1ccc(Br)c(F)c1. The number of rotatable bonds is 2. The fourth-order valence-corrected chi connectivity index (χ4v) is 2.91. The molecule has 2 aromatic carbocycles. The lowest BCUT2D eigenvalue weighted by atomic mass is 10.3. The maximum Gasteiger partial charge on any atom is 0.206 e. The molecule has 0 aliphatic carbocycles. The number of hydrogen-bond acceptors (Lipinski definition) is 2. The van der Waals surface area contributed by atoms with Crippen molar-refractivity contribution in [1.82, 2.24) is 0 Å². The highest BCUT2D eigenvalue weighted by atomic mass is 79.9. The Morgan fingerprint density at radius 3 is 2.00 bits per heavy atom. The monoisotopic (exact) mass is 332 g/mol.